The van der Waals surface area contributed by atoms with Crippen molar-refractivity contribution >= 4 is 17.4 Å². The van der Waals surface area contributed by atoms with Crippen LogP contribution in [0.4, 0.5) is 5.82 Å². The van der Waals surface area contributed by atoms with E-state index >= 15 is 0 Å². The van der Waals surface area contributed by atoms with E-state index in [0.717, 1.165) is 38.4 Å². The number of amides is 1. The number of carbonyl (C=O) groups excluding carboxylic acids is 1. The summed E-state index contributed by atoms with van der Waals surface area (Å²) in [4.78, 5) is 19.6. The van der Waals surface area contributed by atoms with E-state index in [2.05, 4.69) is 37.1 Å². The zero-order chi connectivity index (χ0) is 18.8. The molecule has 1 unspecified atom stereocenters. The summed E-state index contributed by atoms with van der Waals surface area (Å²) in [6.07, 6.45) is 6.04. The Morgan fingerprint density at radius 2 is 2.30 bits per heavy atom. The van der Waals surface area contributed by atoms with Gasteiger partial charge in [0.15, 0.2) is 11.7 Å². The van der Waals surface area contributed by atoms with Crippen LogP contribution in [0.3, 0.4) is 0 Å². The zero-order valence-electron chi connectivity index (χ0n) is 15.0. The third-order valence-electron chi connectivity index (χ3n) is 4.63. The van der Waals surface area contributed by atoms with Crippen molar-refractivity contribution in [3.8, 4) is 6.07 Å². The number of nitrogens with one attached hydrogen (secondary N) is 3. The maximum absolute atomic E-state index is 12.8. The molecule has 0 bridgehead atoms. The van der Waals surface area contributed by atoms with E-state index in [4.69, 9.17) is 0 Å². The largest absolute Gasteiger partial charge is 0.355 e. The molecule has 0 saturated carbocycles. The Morgan fingerprint density at radius 3 is 3.15 bits per heavy atom. The van der Waals surface area contributed by atoms with E-state index in [1.54, 1.807) is 22.8 Å². The molecule has 4 rings (SSSR count). The Hall–Kier alpha value is -3.16. The van der Waals surface area contributed by atoms with Crippen molar-refractivity contribution in [1.29, 1.82) is 5.26 Å². The second-order valence-electron chi connectivity index (χ2n) is 6.54. The normalized spacial score (nSPS) is 20.3. The summed E-state index contributed by atoms with van der Waals surface area (Å²) in [5.74, 6) is 0.493. The standard InChI is InChI=1S/C17H21N9O/c1-24-11-14(13(9-18)23-24)21-17(27)12-10-20-26-7-3-15(22-16(12)26)25-6-2-4-19-5-8-25/h3,7,10-11,13,19,23H,2,4-6,8H2,1H3,(H,21,27). The highest BCUT2D eigenvalue weighted by molar-refractivity contribution is 6.00. The molecule has 1 fully saturated rings. The van der Waals surface area contributed by atoms with Gasteiger partial charge < -0.3 is 20.5 Å². The van der Waals surface area contributed by atoms with Crippen molar-refractivity contribution in [2.75, 3.05) is 38.1 Å². The van der Waals surface area contributed by atoms with Gasteiger partial charge in [-0.15, -0.1) is 0 Å². The van der Waals surface area contributed by atoms with Gasteiger partial charge in [-0.2, -0.15) is 10.4 Å². The number of fused-ring (bicyclic) bond motifs is 1. The van der Waals surface area contributed by atoms with Crippen molar-refractivity contribution in [2.24, 2.45) is 0 Å². The van der Waals surface area contributed by atoms with Gasteiger partial charge in [0.05, 0.1) is 18.0 Å². The quantitative estimate of drug-likeness (QED) is 0.662. The first kappa shape index (κ1) is 17.3. The highest BCUT2D eigenvalue weighted by atomic mass is 16.1. The zero-order valence-corrected chi connectivity index (χ0v) is 15.0. The van der Waals surface area contributed by atoms with E-state index in [1.807, 2.05) is 12.3 Å². The Bertz CT molecular complexity index is 920. The molecule has 2 aliphatic rings. The first-order valence-electron chi connectivity index (χ1n) is 8.87. The first-order valence-corrected chi connectivity index (χ1v) is 8.87. The van der Waals surface area contributed by atoms with Gasteiger partial charge >= 0.3 is 0 Å². The fraction of sp³-hybridized carbons (Fsp3) is 0.412. The van der Waals surface area contributed by atoms with Crippen molar-refractivity contribution < 1.29 is 4.79 Å². The molecule has 140 valence electrons. The summed E-state index contributed by atoms with van der Waals surface area (Å²) in [7, 11) is 1.77. The molecule has 0 radical (unpaired) electrons. The highest BCUT2D eigenvalue weighted by Gasteiger charge is 2.25. The summed E-state index contributed by atoms with van der Waals surface area (Å²) in [5, 5.41) is 21.2. The summed E-state index contributed by atoms with van der Waals surface area (Å²) < 4.78 is 1.59. The number of nitriles is 1. The maximum Gasteiger partial charge on any atom is 0.261 e. The molecule has 10 nitrogen and oxygen atoms in total. The van der Waals surface area contributed by atoms with Crippen LogP contribution in [0.1, 0.15) is 16.8 Å². The van der Waals surface area contributed by atoms with E-state index in [-0.39, 0.29) is 5.91 Å². The summed E-state index contributed by atoms with van der Waals surface area (Å²) in [6.45, 7) is 3.69. The number of anilines is 1. The van der Waals surface area contributed by atoms with Crippen LogP contribution in [-0.4, -0.2) is 64.8 Å². The molecule has 27 heavy (non-hydrogen) atoms. The fourth-order valence-electron chi connectivity index (χ4n) is 3.27. The number of hydrogen-bond donors (Lipinski definition) is 3. The molecule has 1 saturated heterocycles. The Kier molecular flexibility index (Phi) is 4.62. The lowest BCUT2D eigenvalue weighted by Gasteiger charge is -2.21. The van der Waals surface area contributed by atoms with E-state index in [9.17, 15) is 10.1 Å². The van der Waals surface area contributed by atoms with Gasteiger partial charge in [-0.1, -0.05) is 0 Å². The van der Waals surface area contributed by atoms with Crippen molar-refractivity contribution in [1.82, 2.24) is 35.7 Å². The maximum atomic E-state index is 12.8. The van der Waals surface area contributed by atoms with E-state index < -0.39 is 6.04 Å². The van der Waals surface area contributed by atoms with Crippen LogP contribution in [-0.2, 0) is 0 Å². The minimum atomic E-state index is -0.589. The topological polar surface area (TPSA) is 114 Å². The third-order valence-corrected chi connectivity index (χ3v) is 4.63. The molecular weight excluding hydrogens is 346 g/mol. The minimum absolute atomic E-state index is 0.337. The predicted octanol–water partition coefficient (Wildman–Crippen LogP) is -0.558. The van der Waals surface area contributed by atoms with Crippen LogP contribution < -0.4 is 21.0 Å². The lowest BCUT2D eigenvalue weighted by Crippen LogP contribution is -2.36. The molecular formula is C17H21N9O. The second kappa shape index (κ2) is 7.22. The van der Waals surface area contributed by atoms with Crippen LogP contribution in [0.5, 0.6) is 0 Å². The Labute approximate surface area is 156 Å². The van der Waals surface area contributed by atoms with Gasteiger partial charge in [-0.05, 0) is 19.0 Å². The smallest absolute Gasteiger partial charge is 0.261 e. The minimum Gasteiger partial charge on any atom is -0.355 e. The molecule has 4 heterocycles. The van der Waals surface area contributed by atoms with Crippen molar-refractivity contribution in [3.63, 3.8) is 0 Å². The number of hydrazine groups is 1. The van der Waals surface area contributed by atoms with Crippen molar-refractivity contribution in [2.45, 2.75) is 12.5 Å². The molecule has 1 amide bonds. The summed E-state index contributed by atoms with van der Waals surface area (Å²) in [5.41, 5.74) is 4.28. The summed E-state index contributed by atoms with van der Waals surface area (Å²) >= 11 is 0. The molecule has 0 spiro atoms. The van der Waals surface area contributed by atoms with Crippen LogP contribution in [0, 0.1) is 11.3 Å². The van der Waals surface area contributed by atoms with Crippen LogP contribution in [0.25, 0.3) is 5.65 Å². The molecule has 0 aliphatic carbocycles. The van der Waals surface area contributed by atoms with E-state index in [1.165, 1.54) is 6.20 Å². The monoisotopic (exact) mass is 367 g/mol. The number of rotatable bonds is 3. The van der Waals surface area contributed by atoms with Gasteiger partial charge in [0.25, 0.3) is 5.91 Å². The molecule has 2 aromatic rings. The van der Waals surface area contributed by atoms with Gasteiger partial charge in [0, 0.05) is 39.1 Å². The molecule has 0 aromatic carbocycles. The number of hydrogen-bond acceptors (Lipinski definition) is 8. The molecule has 1 atom stereocenters. The molecule has 2 aliphatic heterocycles. The lowest BCUT2D eigenvalue weighted by atomic mass is 10.2. The fourth-order valence-corrected chi connectivity index (χ4v) is 3.27. The Balaban J connectivity index is 1.60. The number of carbonyl (C=O) groups is 1. The van der Waals surface area contributed by atoms with Crippen LogP contribution in [0.2, 0.25) is 0 Å². The van der Waals surface area contributed by atoms with Gasteiger partial charge in [-0.25, -0.2) is 14.9 Å². The molecule has 2 aromatic heterocycles. The van der Waals surface area contributed by atoms with Gasteiger partial charge in [0.1, 0.15) is 11.4 Å². The lowest BCUT2D eigenvalue weighted by molar-refractivity contribution is 0.0966. The average molecular weight is 367 g/mol. The molecule has 10 heteroatoms. The van der Waals surface area contributed by atoms with Crippen molar-refractivity contribution in [3.05, 3.63) is 35.9 Å². The highest BCUT2D eigenvalue weighted by Crippen LogP contribution is 2.17. The predicted molar refractivity (Wildman–Crippen MR) is 98.5 cm³/mol. The molecule has 3 N–H and O–H groups in total. The first-order chi connectivity index (χ1) is 13.2. The van der Waals surface area contributed by atoms with Gasteiger partial charge in [-0.3, -0.25) is 4.79 Å². The SMILES string of the molecule is CN1C=C(NC(=O)c2cnn3ccc(N4CCCNCC4)nc23)C(C#N)N1. The van der Waals surface area contributed by atoms with Gasteiger partial charge in [0.2, 0.25) is 0 Å². The Morgan fingerprint density at radius 1 is 1.41 bits per heavy atom. The summed E-state index contributed by atoms with van der Waals surface area (Å²) in [6, 6.07) is 3.43. The second-order valence-corrected chi connectivity index (χ2v) is 6.54. The third kappa shape index (κ3) is 3.42. The average Bonchev–Trinajstić information content (AvgIpc) is 3.13. The van der Waals surface area contributed by atoms with Crippen LogP contribution >= 0.6 is 0 Å². The van der Waals surface area contributed by atoms with E-state index in [0.29, 0.717) is 16.9 Å². The number of aromatic nitrogens is 3. The number of nitrogens with zero attached hydrogens (tertiary/aromatic N) is 6. The van der Waals surface area contributed by atoms with Crippen LogP contribution in [0.15, 0.2) is 30.4 Å².